The summed E-state index contributed by atoms with van der Waals surface area (Å²) < 4.78 is 5.54. The highest BCUT2D eigenvalue weighted by atomic mass is 16.6. The molecule has 1 aliphatic rings. The summed E-state index contributed by atoms with van der Waals surface area (Å²) in [7, 11) is 0. The van der Waals surface area contributed by atoms with Crippen LogP contribution in [-0.2, 0) is 16.0 Å². The van der Waals surface area contributed by atoms with E-state index in [4.69, 9.17) is 4.74 Å². The molecule has 1 amide bonds. The molecule has 2 rings (SSSR count). The first-order valence-corrected chi connectivity index (χ1v) is 7.99. The van der Waals surface area contributed by atoms with Crippen molar-refractivity contribution in [3.63, 3.8) is 0 Å². The first kappa shape index (κ1) is 17.3. The van der Waals surface area contributed by atoms with Crippen LogP contribution in [0.4, 0.5) is 4.79 Å². The van der Waals surface area contributed by atoms with Gasteiger partial charge in [0.1, 0.15) is 11.4 Å². The summed E-state index contributed by atoms with van der Waals surface area (Å²) in [6, 6.07) is 9.39. The fourth-order valence-electron chi connectivity index (χ4n) is 2.90. The number of likely N-dealkylation sites (tertiary alicyclic amines) is 1. The number of piperidine rings is 1. The van der Waals surface area contributed by atoms with Gasteiger partial charge in [-0.15, -0.1) is 6.58 Å². The van der Waals surface area contributed by atoms with E-state index in [1.807, 2.05) is 51.1 Å². The monoisotopic (exact) mass is 315 g/mol. The predicted octanol–water partition coefficient (Wildman–Crippen LogP) is 3.75. The van der Waals surface area contributed by atoms with E-state index in [1.54, 1.807) is 11.0 Å². The summed E-state index contributed by atoms with van der Waals surface area (Å²) in [4.78, 5) is 26.4. The number of hydrogen-bond donors (Lipinski definition) is 0. The van der Waals surface area contributed by atoms with Gasteiger partial charge in [0.2, 0.25) is 0 Å². The summed E-state index contributed by atoms with van der Waals surface area (Å²) in [5, 5.41) is 0. The maximum atomic E-state index is 12.6. The van der Waals surface area contributed by atoms with E-state index in [-0.39, 0.29) is 24.0 Å². The Balaban J connectivity index is 2.24. The van der Waals surface area contributed by atoms with Crippen molar-refractivity contribution in [3.05, 3.63) is 48.6 Å². The van der Waals surface area contributed by atoms with Gasteiger partial charge in [-0.3, -0.25) is 9.69 Å². The zero-order valence-electron chi connectivity index (χ0n) is 14.1. The van der Waals surface area contributed by atoms with Crippen LogP contribution in [0, 0.1) is 0 Å². The van der Waals surface area contributed by atoms with Gasteiger partial charge in [0.05, 0.1) is 6.04 Å². The maximum absolute atomic E-state index is 12.6. The standard InChI is InChI=1S/C19H25NO3/c1-5-15-12-17(21)13-16(11-14-9-7-6-8-10-14)20(15)18(22)23-19(2,3)4/h5-10,15-16H,1,11-13H2,2-4H3/t15-,16+/m1/s1. The highest BCUT2D eigenvalue weighted by Crippen LogP contribution is 2.26. The largest absolute Gasteiger partial charge is 0.444 e. The van der Waals surface area contributed by atoms with Crippen molar-refractivity contribution < 1.29 is 14.3 Å². The number of Topliss-reactive ketones (excluding diaryl/α,β-unsaturated/α-hetero) is 1. The van der Waals surface area contributed by atoms with Gasteiger partial charge in [-0.05, 0) is 32.8 Å². The molecule has 1 saturated heterocycles. The van der Waals surface area contributed by atoms with Crippen LogP contribution in [0.5, 0.6) is 0 Å². The third-order valence-electron chi connectivity index (χ3n) is 3.84. The average molecular weight is 315 g/mol. The second-order valence-electron chi connectivity index (χ2n) is 6.98. The second kappa shape index (κ2) is 6.99. The molecule has 23 heavy (non-hydrogen) atoms. The molecule has 2 atom stereocenters. The molecule has 1 heterocycles. The van der Waals surface area contributed by atoms with Gasteiger partial charge < -0.3 is 4.74 Å². The normalized spacial score (nSPS) is 21.9. The van der Waals surface area contributed by atoms with Gasteiger partial charge >= 0.3 is 6.09 Å². The number of benzene rings is 1. The molecule has 0 bridgehead atoms. The lowest BCUT2D eigenvalue weighted by Gasteiger charge is -2.40. The van der Waals surface area contributed by atoms with Gasteiger partial charge in [0.25, 0.3) is 0 Å². The lowest BCUT2D eigenvalue weighted by molar-refractivity contribution is -0.124. The van der Waals surface area contributed by atoms with Gasteiger partial charge in [0.15, 0.2) is 0 Å². The molecular weight excluding hydrogens is 290 g/mol. The van der Waals surface area contributed by atoms with Gasteiger partial charge in [-0.1, -0.05) is 36.4 Å². The van der Waals surface area contributed by atoms with E-state index in [2.05, 4.69) is 6.58 Å². The molecule has 0 radical (unpaired) electrons. The number of amides is 1. The van der Waals surface area contributed by atoms with Gasteiger partial charge in [-0.2, -0.15) is 0 Å². The van der Waals surface area contributed by atoms with E-state index >= 15 is 0 Å². The summed E-state index contributed by atoms with van der Waals surface area (Å²) in [5.74, 6) is 0.163. The summed E-state index contributed by atoms with van der Waals surface area (Å²) in [6.45, 7) is 9.31. The first-order valence-electron chi connectivity index (χ1n) is 7.99. The zero-order valence-corrected chi connectivity index (χ0v) is 14.1. The molecule has 1 fully saturated rings. The van der Waals surface area contributed by atoms with E-state index < -0.39 is 5.60 Å². The third-order valence-corrected chi connectivity index (χ3v) is 3.84. The van der Waals surface area contributed by atoms with Crippen LogP contribution < -0.4 is 0 Å². The Morgan fingerprint density at radius 3 is 2.52 bits per heavy atom. The smallest absolute Gasteiger partial charge is 0.411 e. The van der Waals surface area contributed by atoms with Crippen molar-refractivity contribution in [2.75, 3.05) is 0 Å². The fourth-order valence-corrected chi connectivity index (χ4v) is 2.90. The Hall–Kier alpha value is -2.10. The van der Waals surface area contributed by atoms with E-state index in [9.17, 15) is 9.59 Å². The number of carbonyl (C=O) groups excluding carboxylic acids is 2. The molecule has 0 spiro atoms. The molecule has 1 aromatic rings. The minimum Gasteiger partial charge on any atom is -0.444 e. The molecule has 0 N–H and O–H groups in total. The van der Waals surface area contributed by atoms with Crippen LogP contribution in [0.3, 0.4) is 0 Å². The van der Waals surface area contributed by atoms with E-state index in [1.165, 1.54) is 0 Å². The van der Waals surface area contributed by atoms with E-state index in [0.29, 0.717) is 19.3 Å². The predicted molar refractivity (Wildman–Crippen MR) is 90.2 cm³/mol. The summed E-state index contributed by atoms with van der Waals surface area (Å²) in [5.41, 5.74) is 0.533. The van der Waals surface area contributed by atoms with Crippen LogP contribution in [0.15, 0.2) is 43.0 Å². The average Bonchev–Trinajstić information content (AvgIpc) is 2.45. The number of carbonyl (C=O) groups is 2. The van der Waals surface area contributed by atoms with Crippen LogP contribution in [0.25, 0.3) is 0 Å². The molecule has 4 heteroatoms. The van der Waals surface area contributed by atoms with Crippen molar-refractivity contribution >= 4 is 11.9 Å². The molecule has 4 nitrogen and oxygen atoms in total. The quantitative estimate of drug-likeness (QED) is 0.798. The molecule has 0 saturated carbocycles. The topological polar surface area (TPSA) is 46.6 Å². The molecule has 1 aromatic carbocycles. The Kier molecular flexibility index (Phi) is 5.24. The SMILES string of the molecule is C=C[C@@H]1CC(=O)C[C@H](Cc2ccccc2)N1C(=O)OC(C)(C)C. The van der Waals surface area contributed by atoms with Crippen LogP contribution in [0.2, 0.25) is 0 Å². The molecule has 0 aromatic heterocycles. The molecule has 124 valence electrons. The van der Waals surface area contributed by atoms with Crippen molar-refractivity contribution in [2.24, 2.45) is 0 Å². The van der Waals surface area contributed by atoms with Crippen LogP contribution >= 0.6 is 0 Å². The Morgan fingerprint density at radius 1 is 1.30 bits per heavy atom. The number of hydrogen-bond acceptors (Lipinski definition) is 3. The molecule has 1 aliphatic heterocycles. The molecule has 0 unspecified atom stereocenters. The van der Waals surface area contributed by atoms with Crippen LogP contribution in [-0.4, -0.2) is 34.5 Å². The Labute approximate surface area is 138 Å². The van der Waals surface area contributed by atoms with Gasteiger partial charge in [0, 0.05) is 18.9 Å². The molecule has 0 aliphatic carbocycles. The van der Waals surface area contributed by atoms with Crippen LogP contribution in [0.1, 0.15) is 39.2 Å². The molecular formula is C19H25NO3. The lowest BCUT2D eigenvalue weighted by Crippen LogP contribution is -2.54. The zero-order chi connectivity index (χ0) is 17.0. The second-order valence-corrected chi connectivity index (χ2v) is 6.98. The summed E-state index contributed by atoms with van der Waals surface area (Å²) in [6.07, 6.45) is 2.59. The highest BCUT2D eigenvalue weighted by Gasteiger charge is 2.38. The van der Waals surface area contributed by atoms with Gasteiger partial charge in [-0.25, -0.2) is 4.79 Å². The number of rotatable bonds is 3. The van der Waals surface area contributed by atoms with Crippen molar-refractivity contribution in [1.82, 2.24) is 4.90 Å². The Morgan fingerprint density at radius 2 is 1.96 bits per heavy atom. The minimum atomic E-state index is -0.568. The van der Waals surface area contributed by atoms with Crippen molar-refractivity contribution in [2.45, 2.75) is 57.7 Å². The first-order chi connectivity index (χ1) is 10.8. The van der Waals surface area contributed by atoms with E-state index in [0.717, 1.165) is 5.56 Å². The third kappa shape index (κ3) is 4.68. The summed E-state index contributed by atoms with van der Waals surface area (Å²) >= 11 is 0. The minimum absolute atomic E-state index is 0.163. The number of nitrogens with zero attached hydrogens (tertiary/aromatic N) is 1. The number of ether oxygens (including phenoxy) is 1. The Bertz CT molecular complexity index is 574. The highest BCUT2D eigenvalue weighted by molar-refractivity contribution is 5.83. The lowest BCUT2D eigenvalue weighted by atomic mass is 9.90. The maximum Gasteiger partial charge on any atom is 0.411 e. The van der Waals surface area contributed by atoms with Crippen molar-refractivity contribution in [1.29, 1.82) is 0 Å². The van der Waals surface area contributed by atoms with Crippen molar-refractivity contribution in [3.8, 4) is 0 Å². The number of ketones is 1. The fraction of sp³-hybridized carbons (Fsp3) is 0.474.